The van der Waals surface area contributed by atoms with Gasteiger partial charge in [0.15, 0.2) is 16.9 Å². The van der Waals surface area contributed by atoms with Gasteiger partial charge in [0.2, 0.25) is 5.75 Å². The van der Waals surface area contributed by atoms with Crippen LogP contribution < -0.4 is 39.5 Å². The molecule has 0 aliphatic carbocycles. The molecule has 8 nitrogen and oxygen atoms in total. The largest absolute Gasteiger partial charge is 1.00 e. The van der Waals surface area contributed by atoms with Crippen molar-refractivity contribution in [3.63, 3.8) is 0 Å². The zero-order valence-electron chi connectivity index (χ0n) is 13.9. The Hall–Kier alpha value is -1.80. The molecule has 0 amide bonds. The molecule has 0 saturated carbocycles. The average molecular weight is 374 g/mol. The minimum Gasteiger partial charge on any atom is -1.00 e. The van der Waals surface area contributed by atoms with Crippen molar-refractivity contribution in [1.29, 1.82) is 0 Å². The van der Waals surface area contributed by atoms with E-state index < -0.39 is 35.9 Å². The van der Waals surface area contributed by atoms with Gasteiger partial charge in [-0.1, -0.05) is 30.3 Å². The first kappa shape index (κ1) is 19.5. The minimum absolute atomic E-state index is 0. The van der Waals surface area contributed by atoms with Crippen molar-refractivity contribution >= 4 is 18.8 Å². The zero-order valence-corrected chi connectivity index (χ0v) is 15.8. The van der Waals surface area contributed by atoms with E-state index in [9.17, 15) is 19.6 Å². The van der Waals surface area contributed by atoms with E-state index in [-0.39, 0.29) is 42.3 Å². The van der Waals surface area contributed by atoms with Crippen LogP contribution in [0.4, 0.5) is 0 Å². The third-order valence-corrected chi connectivity index (χ3v) is 3.62. The molecular weight excluding hydrogens is 362 g/mol. The van der Waals surface area contributed by atoms with Crippen molar-refractivity contribution in [2.24, 2.45) is 0 Å². The maximum absolute atomic E-state index is 12.4. The standard InChI is InChI=1S/C15H11O8P.Na.H/c16-9-6-11(8-4-2-1-3-5-8)22-12-7-10(17)14(18)15(13(9)12)23-24(19,20)21;;/h1-7,17-18H,(H2,19,20,21);;/q;+1;-1. The summed E-state index contributed by atoms with van der Waals surface area (Å²) < 4.78 is 20.9. The van der Waals surface area contributed by atoms with Crippen LogP contribution in [0.2, 0.25) is 0 Å². The fourth-order valence-corrected chi connectivity index (χ4v) is 2.63. The van der Waals surface area contributed by atoms with Gasteiger partial charge in [0.05, 0.1) is 0 Å². The van der Waals surface area contributed by atoms with Gasteiger partial charge in [0.25, 0.3) is 0 Å². The summed E-state index contributed by atoms with van der Waals surface area (Å²) in [5, 5.41) is 19.1. The molecule has 0 bridgehead atoms. The molecule has 0 atom stereocenters. The van der Waals surface area contributed by atoms with Gasteiger partial charge < -0.3 is 20.6 Å². The molecule has 126 valence electrons. The van der Waals surface area contributed by atoms with Gasteiger partial charge in [0, 0.05) is 17.7 Å². The molecule has 0 fully saturated rings. The minimum atomic E-state index is -5.08. The number of phenols is 2. The molecule has 0 radical (unpaired) electrons. The van der Waals surface area contributed by atoms with Crippen LogP contribution in [0.3, 0.4) is 0 Å². The van der Waals surface area contributed by atoms with Crippen molar-refractivity contribution in [1.82, 2.24) is 0 Å². The Balaban J connectivity index is 0.00000169. The molecule has 0 spiro atoms. The van der Waals surface area contributed by atoms with Crippen molar-refractivity contribution in [3.05, 3.63) is 52.7 Å². The number of phosphoric ester groups is 1. The fraction of sp³-hybridized carbons (Fsp3) is 0. The van der Waals surface area contributed by atoms with Gasteiger partial charge in [-0.15, -0.1) is 0 Å². The summed E-state index contributed by atoms with van der Waals surface area (Å²) >= 11 is 0. The normalized spacial score (nSPS) is 11.1. The molecule has 0 aliphatic heterocycles. The molecule has 1 heterocycles. The van der Waals surface area contributed by atoms with Crippen LogP contribution in [0.1, 0.15) is 1.43 Å². The van der Waals surface area contributed by atoms with Crippen LogP contribution in [0, 0.1) is 0 Å². The first-order valence-corrected chi connectivity index (χ1v) is 8.12. The fourth-order valence-electron chi connectivity index (χ4n) is 2.22. The Morgan fingerprint density at radius 1 is 1.08 bits per heavy atom. The Bertz CT molecular complexity index is 1030. The molecule has 10 heteroatoms. The van der Waals surface area contributed by atoms with E-state index in [2.05, 4.69) is 4.52 Å². The third-order valence-electron chi connectivity index (χ3n) is 3.20. The van der Waals surface area contributed by atoms with E-state index in [0.717, 1.165) is 12.1 Å². The second kappa shape index (κ2) is 7.21. The topological polar surface area (TPSA) is 137 Å². The monoisotopic (exact) mass is 374 g/mol. The molecule has 2 aromatic carbocycles. The third kappa shape index (κ3) is 4.07. The number of hydrogen-bond acceptors (Lipinski definition) is 6. The molecule has 25 heavy (non-hydrogen) atoms. The van der Waals surface area contributed by atoms with Crippen molar-refractivity contribution < 1.29 is 64.5 Å². The zero-order chi connectivity index (χ0) is 17.5. The molecule has 3 aromatic rings. The van der Waals surface area contributed by atoms with Gasteiger partial charge >= 0.3 is 37.4 Å². The van der Waals surface area contributed by atoms with E-state index in [1.165, 1.54) is 0 Å². The Morgan fingerprint density at radius 3 is 2.32 bits per heavy atom. The van der Waals surface area contributed by atoms with Crippen LogP contribution in [0.25, 0.3) is 22.3 Å². The molecule has 4 N–H and O–H groups in total. The maximum Gasteiger partial charge on any atom is 1.00 e. The average Bonchev–Trinajstić information content (AvgIpc) is 2.51. The molecule has 0 aliphatic rings. The van der Waals surface area contributed by atoms with E-state index in [0.29, 0.717) is 5.56 Å². The van der Waals surface area contributed by atoms with Crippen LogP contribution in [0.5, 0.6) is 17.2 Å². The summed E-state index contributed by atoms with van der Waals surface area (Å²) in [6, 6.07) is 10.7. The van der Waals surface area contributed by atoms with Gasteiger partial charge in [-0.25, -0.2) is 4.57 Å². The van der Waals surface area contributed by atoms with E-state index in [1.807, 2.05) is 0 Å². The van der Waals surface area contributed by atoms with Gasteiger partial charge in [-0.3, -0.25) is 14.6 Å². The van der Waals surface area contributed by atoms with Gasteiger partial charge in [-0.05, 0) is 0 Å². The smallest absolute Gasteiger partial charge is 1.00 e. The number of hydrogen-bond donors (Lipinski definition) is 4. The number of rotatable bonds is 3. The van der Waals surface area contributed by atoms with Crippen LogP contribution in [-0.4, -0.2) is 20.0 Å². The van der Waals surface area contributed by atoms with E-state index in [4.69, 9.17) is 14.2 Å². The summed E-state index contributed by atoms with van der Waals surface area (Å²) in [4.78, 5) is 30.2. The van der Waals surface area contributed by atoms with E-state index >= 15 is 0 Å². The Labute approximate surface area is 164 Å². The first-order chi connectivity index (χ1) is 11.3. The predicted octanol–water partition coefficient (Wildman–Crippen LogP) is -0.541. The van der Waals surface area contributed by atoms with Gasteiger partial charge in [-0.2, -0.15) is 0 Å². The van der Waals surface area contributed by atoms with Crippen molar-refractivity contribution in [2.75, 3.05) is 0 Å². The molecular formula is C15H12NaO8P. The van der Waals surface area contributed by atoms with Crippen molar-refractivity contribution in [2.45, 2.75) is 0 Å². The molecule has 1 aromatic heterocycles. The summed E-state index contributed by atoms with van der Waals surface area (Å²) in [5.41, 5.74) is -0.310. The van der Waals surface area contributed by atoms with Crippen LogP contribution in [-0.2, 0) is 4.57 Å². The van der Waals surface area contributed by atoms with E-state index in [1.54, 1.807) is 30.3 Å². The number of benzene rings is 2. The molecule has 0 saturated heterocycles. The Morgan fingerprint density at radius 2 is 1.72 bits per heavy atom. The maximum atomic E-state index is 12.4. The second-order valence-electron chi connectivity index (χ2n) is 4.87. The SMILES string of the molecule is O=c1cc(-c2ccccc2)oc2cc(O)c(O)c(OP(=O)(O)O)c12.[H-].[Na+]. The number of fused-ring (bicyclic) bond motifs is 1. The predicted molar refractivity (Wildman–Crippen MR) is 85.0 cm³/mol. The van der Waals surface area contributed by atoms with Gasteiger partial charge in [0.1, 0.15) is 16.7 Å². The molecule has 3 rings (SSSR count). The first-order valence-electron chi connectivity index (χ1n) is 6.59. The summed E-state index contributed by atoms with van der Waals surface area (Å²) in [7, 11) is -5.08. The number of phenolic OH excluding ortho intramolecular Hbond substituents is 2. The second-order valence-corrected chi connectivity index (χ2v) is 6.03. The van der Waals surface area contributed by atoms with Crippen LogP contribution in [0.15, 0.2) is 51.7 Å². The number of aromatic hydroxyl groups is 2. The molecule has 0 unspecified atom stereocenters. The quantitative estimate of drug-likeness (QED) is 0.273. The summed E-state index contributed by atoms with van der Waals surface area (Å²) in [5.74, 6) is -2.38. The summed E-state index contributed by atoms with van der Waals surface area (Å²) in [6.07, 6.45) is 0. The number of phosphoric acid groups is 1. The van der Waals surface area contributed by atoms with Crippen LogP contribution >= 0.6 is 7.82 Å². The summed E-state index contributed by atoms with van der Waals surface area (Å²) in [6.45, 7) is 0. The Kier molecular flexibility index (Phi) is 5.63. The van der Waals surface area contributed by atoms with Crippen molar-refractivity contribution in [3.8, 4) is 28.6 Å².